The van der Waals surface area contributed by atoms with Crippen LogP contribution in [0.15, 0.2) is 30.5 Å². The van der Waals surface area contributed by atoms with Gasteiger partial charge in [-0.2, -0.15) is 5.10 Å². The number of benzene rings is 1. The van der Waals surface area contributed by atoms with Crippen LogP contribution < -0.4 is 9.80 Å². The van der Waals surface area contributed by atoms with Crippen LogP contribution in [-0.4, -0.2) is 28.6 Å². The number of hydrogen-bond donors (Lipinski definition) is 2. The Morgan fingerprint density at radius 3 is 2.77 bits per heavy atom. The summed E-state index contributed by atoms with van der Waals surface area (Å²) in [5, 5.41) is 15.2. The van der Waals surface area contributed by atoms with Crippen LogP contribution in [0.5, 0.6) is 0 Å². The zero-order valence-electron chi connectivity index (χ0n) is 12.8. The molecule has 0 radical (unpaired) electrons. The van der Waals surface area contributed by atoms with Gasteiger partial charge in [-0.05, 0) is 25.5 Å². The normalized spacial score (nSPS) is 14.2. The molecule has 2 aromatic rings. The summed E-state index contributed by atoms with van der Waals surface area (Å²) in [6.45, 7) is 4.34. The maximum atomic E-state index is 12.4. The molecule has 6 heteroatoms. The van der Waals surface area contributed by atoms with E-state index in [-0.39, 0.29) is 5.91 Å². The Morgan fingerprint density at radius 2 is 2.09 bits per heavy atom. The summed E-state index contributed by atoms with van der Waals surface area (Å²) in [7, 11) is 0. The molecule has 2 heterocycles. The van der Waals surface area contributed by atoms with Gasteiger partial charge in [-0.25, -0.2) is 0 Å². The van der Waals surface area contributed by atoms with E-state index in [2.05, 4.69) is 10.2 Å². The molecule has 22 heavy (non-hydrogen) atoms. The third-order valence-electron chi connectivity index (χ3n) is 3.81. The number of carbonyl (C=O) groups is 1. The molecular formula is C16H19N5O. The fourth-order valence-corrected chi connectivity index (χ4v) is 2.57. The van der Waals surface area contributed by atoms with E-state index in [1.165, 1.54) is 0 Å². The number of fused-ring (bicyclic) bond motifs is 1. The number of H-pyrrole nitrogens is 1. The van der Waals surface area contributed by atoms with Gasteiger partial charge in [0.05, 0.1) is 11.8 Å². The highest BCUT2D eigenvalue weighted by atomic mass is 16.2. The Labute approximate surface area is 129 Å². The summed E-state index contributed by atoms with van der Waals surface area (Å²) in [5.74, 6) is 1.01. The van der Waals surface area contributed by atoms with E-state index in [0.717, 1.165) is 17.7 Å². The molecule has 0 saturated heterocycles. The number of rotatable bonds is 3. The summed E-state index contributed by atoms with van der Waals surface area (Å²) in [6, 6.07) is 7.95. The molecule has 1 aliphatic rings. The van der Waals surface area contributed by atoms with Crippen molar-refractivity contribution in [2.24, 2.45) is 0 Å². The number of amidine groups is 1. The maximum absolute atomic E-state index is 12.4. The number of aryl methyl sites for hydroxylation is 1. The van der Waals surface area contributed by atoms with Gasteiger partial charge in [0.25, 0.3) is 0 Å². The fourth-order valence-electron chi connectivity index (χ4n) is 2.57. The van der Waals surface area contributed by atoms with Crippen molar-refractivity contribution in [2.75, 3.05) is 16.5 Å². The molecule has 0 fully saturated rings. The molecule has 6 nitrogen and oxygen atoms in total. The number of nitrogens with zero attached hydrogens (tertiary/aromatic N) is 3. The first-order chi connectivity index (χ1) is 10.6. The van der Waals surface area contributed by atoms with E-state index in [1.807, 2.05) is 43.0 Å². The van der Waals surface area contributed by atoms with Crippen molar-refractivity contribution >= 4 is 23.2 Å². The monoisotopic (exact) mass is 297 g/mol. The van der Waals surface area contributed by atoms with Gasteiger partial charge in [0.1, 0.15) is 18.3 Å². The van der Waals surface area contributed by atoms with E-state index >= 15 is 0 Å². The minimum Gasteiger partial charge on any atom is -0.307 e. The summed E-state index contributed by atoms with van der Waals surface area (Å²) in [4.78, 5) is 15.9. The first-order valence-corrected chi connectivity index (χ1v) is 7.38. The highest BCUT2D eigenvalue weighted by Gasteiger charge is 2.32. The van der Waals surface area contributed by atoms with Gasteiger partial charge in [-0.15, -0.1) is 0 Å². The first-order valence-electron chi connectivity index (χ1n) is 7.38. The number of anilines is 2. The molecular weight excluding hydrogens is 278 g/mol. The minimum absolute atomic E-state index is 0.0395. The van der Waals surface area contributed by atoms with E-state index in [4.69, 9.17) is 5.41 Å². The van der Waals surface area contributed by atoms with Crippen molar-refractivity contribution in [3.05, 3.63) is 41.6 Å². The van der Waals surface area contributed by atoms with Crippen LogP contribution in [0.3, 0.4) is 0 Å². The summed E-state index contributed by atoms with van der Waals surface area (Å²) < 4.78 is 0. The lowest BCUT2D eigenvalue weighted by Crippen LogP contribution is -2.49. The number of carbonyl (C=O) groups excluding carboxylic acids is 1. The smallest absolute Gasteiger partial charge is 0.229 e. The molecule has 2 N–H and O–H groups in total. The quantitative estimate of drug-likeness (QED) is 0.914. The second-order valence-electron chi connectivity index (χ2n) is 5.46. The van der Waals surface area contributed by atoms with Crippen LogP contribution in [-0.2, 0) is 4.79 Å². The highest BCUT2D eigenvalue weighted by Crippen LogP contribution is 2.29. The lowest BCUT2D eigenvalue weighted by atomic mass is 10.1. The second-order valence-corrected chi connectivity index (χ2v) is 5.46. The molecule has 0 spiro atoms. The van der Waals surface area contributed by atoms with Crippen LogP contribution in [0, 0.1) is 12.3 Å². The Balaban J connectivity index is 1.99. The average molecular weight is 297 g/mol. The van der Waals surface area contributed by atoms with Crippen LogP contribution in [0.4, 0.5) is 11.5 Å². The van der Waals surface area contributed by atoms with Gasteiger partial charge in [0.15, 0.2) is 0 Å². The maximum Gasteiger partial charge on any atom is 0.229 e. The van der Waals surface area contributed by atoms with Crippen molar-refractivity contribution in [1.82, 2.24) is 10.2 Å². The van der Waals surface area contributed by atoms with Gasteiger partial charge in [-0.1, -0.05) is 24.6 Å². The largest absolute Gasteiger partial charge is 0.307 e. The minimum atomic E-state index is 0.0395. The van der Waals surface area contributed by atoms with Gasteiger partial charge < -0.3 is 4.90 Å². The molecule has 114 valence electrons. The molecule has 1 amide bonds. The van der Waals surface area contributed by atoms with E-state index in [0.29, 0.717) is 30.3 Å². The predicted molar refractivity (Wildman–Crippen MR) is 86.3 cm³/mol. The third kappa shape index (κ3) is 2.36. The topological polar surface area (TPSA) is 76.1 Å². The lowest BCUT2D eigenvalue weighted by Gasteiger charge is -2.36. The number of hydrogen-bond acceptors (Lipinski definition) is 3. The Kier molecular flexibility index (Phi) is 3.66. The van der Waals surface area contributed by atoms with Crippen molar-refractivity contribution in [1.29, 1.82) is 5.41 Å². The average Bonchev–Trinajstić information content (AvgIpc) is 2.99. The zero-order valence-corrected chi connectivity index (χ0v) is 12.8. The molecule has 0 saturated carbocycles. The van der Waals surface area contributed by atoms with Gasteiger partial charge in [-0.3, -0.25) is 20.2 Å². The molecule has 1 aromatic carbocycles. The van der Waals surface area contributed by atoms with E-state index < -0.39 is 0 Å². The SMILES string of the molecule is CCCC(=O)N1CN(c2ccc(C)cc2)C(=N)c2cn[nH]c21. The number of amides is 1. The Bertz CT molecular complexity index is 704. The first kappa shape index (κ1) is 14.3. The van der Waals surface area contributed by atoms with E-state index in [9.17, 15) is 4.79 Å². The van der Waals surface area contributed by atoms with Crippen LogP contribution in [0.2, 0.25) is 0 Å². The molecule has 0 atom stereocenters. The van der Waals surface area contributed by atoms with Gasteiger partial charge >= 0.3 is 0 Å². The molecule has 0 bridgehead atoms. The number of nitrogens with one attached hydrogen (secondary N) is 2. The summed E-state index contributed by atoms with van der Waals surface area (Å²) in [5.41, 5.74) is 2.71. The standard InChI is InChI=1S/C16H19N5O/c1-3-4-14(22)21-10-20(12-7-5-11(2)6-8-12)15(17)13-9-18-19-16(13)21/h5-9,17H,3-4,10H2,1-2H3,(H,18,19). The number of aromatic nitrogens is 2. The molecule has 1 aromatic heterocycles. The predicted octanol–water partition coefficient (Wildman–Crippen LogP) is 2.65. The highest BCUT2D eigenvalue weighted by molar-refractivity contribution is 6.15. The van der Waals surface area contributed by atoms with E-state index in [1.54, 1.807) is 11.1 Å². The third-order valence-corrected chi connectivity index (χ3v) is 3.81. The van der Waals surface area contributed by atoms with Crippen molar-refractivity contribution in [2.45, 2.75) is 26.7 Å². The molecule has 0 unspecified atom stereocenters. The summed E-state index contributed by atoms with van der Waals surface area (Å²) in [6.07, 6.45) is 2.87. The summed E-state index contributed by atoms with van der Waals surface area (Å²) >= 11 is 0. The molecule has 3 rings (SSSR count). The fraction of sp³-hybridized carbons (Fsp3) is 0.312. The van der Waals surface area contributed by atoms with Crippen molar-refractivity contribution < 1.29 is 4.79 Å². The van der Waals surface area contributed by atoms with Crippen molar-refractivity contribution in [3.63, 3.8) is 0 Å². The van der Waals surface area contributed by atoms with Crippen LogP contribution in [0.1, 0.15) is 30.9 Å². The Morgan fingerprint density at radius 1 is 1.36 bits per heavy atom. The van der Waals surface area contributed by atoms with Gasteiger partial charge in [0, 0.05) is 12.1 Å². The zero-order chi connectivity index (χ0) is 15.7. The molecule has 1 aliphatic heterocycles. The van der Waals surface area contributed by atoms with Gasteiger partial charge in [0.2, 0.25) is 5.91 Å². The Hall–Kier alpha value is -2.63. The number of aromatic amines is 1. The van der Waals surface area contributed by atoms with Crippen molar-refractivity contribution in [3.8, 4) is 0 Å². The van der Waals surface area contributed by atoms with Crippen LogP contribution in [0.25, 0.3) is 0 Å². The van der Waals surface area contributed by atoms with Crippen LogP contribution >= 0.6 is 0 Å². The second kappa shape index (κ2) is 5.63. The lowest BCUT2D eigenvalue weighted by molar-refractivity contribution is -0.118. The molecule has 0 aliphatic carbocycles.